The number of hydrogen-bond donors (Lipinski definition) is 4. The highest BCUT2D eigenvalue weighted by Gasteiger charge is 2.33. The number of carbonyl (C=O) groups is 1. The SMILES string of the molecule is CCC(=O)Nc1cc(Cl)c(O)cc1O[C@H](NC1CCN(Cc2ccc(Cl)cc2)CC1)C(C)(C)O. The number of nitrogens with zero attached hydrogens (tertiary/aromatic N) is 1. The molecule has 34 heavy (non-hydrogen) atoms. The Hall–Kier alpha value is -2.03. The predicted molar refractivity (Wildman–Crippen MR) is 136 cm³/mol. The number of carbonyl (C=O) groups excluding carboxylic acids is 1. The Balaban J connectivity index is 1.66. The van der Waals surface area contributed by atoms with Crippen LogP contribution in [0.25, 0.3) is 0 Å². The lowest BCUT2D eigenvalue weighted by molar-refractivity contribution is -0.115. The molecule has 4 N–H and O–H groups in total. The Labute approximate surface area is 211 Å². The molecule has 0 unspecified atom stereocenters. The summed E-state index contributed by atoms with van der Waals surface area (Å²) in [4.78, 5) is 14.3. The molecule has 1 amide bonds. The summed E-state index contributed by atoms with van der Waals surface area (Å²) in [5.41, 5.74) is 0.322. The summed E-state index contributed by atoms with van der Waals surface area (Å²) in [6, 6.07) is 10.8. The molecule has 0 radical (unpaired) electrons. The number of aliphatic hydroxyl groups is 1. The lowest BCUT2D eigenvalue weighted by atomic mass is 10.0. The van der Waals surface area contributed by atoms with Crippen LogP contribution < -0.4 is 15.4 Å². The van der Waals surface area contributed by atoms with Gasteiger partial charge in [-0.15, -0.1) is 0 Å². The van der Waals surface area contributed by atoms with Gasteiger partial charge in [-0.1, -0.05) is 42.3 Å². The normalized spacial score (nSPS) is 16.3. The van der Waals surface area contributed by atoms with Gasteiger partial charge in [-0.05, 0) is 63.5 Å². The second-order valence-corrected chi connectivity index (χ2v) is 10.0. The van der Waals surface area contributed by atoms with Gasteiger partial charge in [-0.2, -0.15) is 0 Å². The molecule has 3 rings (SSSR count). The summed E-state index contributed by atoms with van der Waals surface area (Å²) < 4.78 is 6.11. The highest BCUT2D eigenvalue weighted by atomic mass is 35.5. The van der Waals surface area contributed by atoms with Crippen LogP contribution in [-0.4, -0.2) is 52.0 Å². The topological polar surface area (TPSA) is 94.1 Å². The molecule has 0 bridgehead atoms. The predicted octanol–water partition coefficient (Wildman–Crippen LogP) is 4.78. The fourth-order valence-electron chi connectivity index (χ4n) is 3.81. The zero-order valence-corrected chi connectivity index (χ0v) is 21.3. The van der Waals surface area contributed by atoms with E-state index in [4.69, 9.17) is 27.9 Å². The van der Waals surface area contributed by atoms with E-state index >= 15 is 0 Å². The van der Waals surface area contributed by atoms with Crippen molar-refractivity contribution in [3.63, 3.8) is 0 Å². The molecule has 1 aliphatic rings. The number of benzene rings is 2. The second kappa shape index (κ2) is 11.6. The number of piperidine rings is 1. The van der Waals surface area contributed by atoms with Crippen LogP contribution in [0.1, 0.15) is 45.6 Å². The van der Waals surface area contributed by atoms with Crippen molar-refractivity contribution in [1.82, 2.24) is 10.2 Å². The standard InChI is InChI=1S/C25H33Cl2N3O4/c1-4-23(32)29-20-13-19(27)21(31)14-22(20)34-24(25(2,3)33)28-18-9-11-30(12-10-18)15-16-5-7-17(26)8-6-16/h5-8,13-14,18,24,28,31,33H,4,9-12,15H2,1-3H3,(H,29,32)/t24-/m0/s1. The summed E-state index contributed by atoms with van der Waals surface area (Å²) >= 11 is 12.0. The van der Waals surface area contributed by atoms with Crippen LogP contribution in [-0.2, 0) is 11.3 Å². The molecule has 0 spiro atoms. The van der Waals surface area contributed by atoms with Gasteiger partial charge in [0, 0.05) is 30.1 Å². The molecule has 1 heterocycles. The molecule has 2 aromatic carbocycles. The fraction of sp³-hybridized carbons (Fsp3) is 0.480. The first kappa shape index (κ1) is 26.6. The van der Waals surface area contributed by atoms with E-state index in [2.05, 4.69) is 15.5 Å². The minimum atomic E-state index is -1.23. The van der Waals surface area contributed by atoms with Gasteiger partial charge in [-0.3, -0.25) is 15.0 Å². The Morgan fingerprint density at radius 3 is 2.44 bits per heavy atom. The third-order valence-electron chi connectivity index (χ3n) is 5.82. The largest absolute Gasteiger partial charge is 0.506 e. The zero-order chi connectivity index (χ0) is 24.9. The van der Waals surface area contributed by atoms with E-state index in [9.17, 15) is 15.0 Å². The number of halogens is 2. The van der Waals surface area contributed by atoms with Crippen molar-refractivity contribution < 1.29 is 19.7 Å². The smallest absolute Gasteiger partial charge is 0.224 e. The van der Waals surface area contributed by atoms with Crippen LogP contribution >= 0.6 is 23.2 Å². The molecule has 2 aromatic rings. The fourth-order valence-corrected chi connectivity index (χ4v) is 4.10. The van der Waals surface area contributed by atoms with Gasteiger partial charge in [-0.25, -0.2) is 0 Å². The Morgan fingerprint density at radius 1 is 1.21 bits per heavy atom. The van der Waals surface area contributed by atoms with Gasteiger partial charge < -0.3 is 20.3 Å². The maximum Gasteiger partial charge on any atom is 0.224 e. The Kier molecular flexibility index (Phi) is 9.07. The minimum Gasteiger partial charge on any atom is -0.506 e. The second-order valence-electron chi connectivity index (χ2n) is 9.20. The molecule has 1 aliphatic heterocycles. The lowest BCUT2D eigenvalue weighted by Crippen LogP contribution is -2.56. The molecule has 0 saturated carbocycles. The molecular weight excluding hydrogens is 477 g/mol. The van der Waals surface area contributed by atoms with E-state index < -0.39 is 11.8 Å². The van der Waals surface area contributed by atoms with Crippen LogP contribution in [0, 0.1) is 0 Å². The lowest BCUT2D eigenvalue weighted by Gasteiger charge is -2.38. The number of amides is 1. The number of aromatic hydroxyl groups is 1. The first-order valence-electron chi connectivity index (χ1n) is 11.5. The molecular formula is C25H33Cl2N3O4. The number of likely N-dealkylation sites (tertiary alicyclic amines) is 1. The van der Waals surface area contributed by atoms with Gasteiger partial charge in [0.05, 0.1) is 10.7 Å². The van der Waals surface area contributed by atoms with Crippen LogP contribution in [0.5, 0.6) is 11.5 Å². The minimum absolute atomic E-state index is 0.0968. The highest BCUT2D eigenvalue weighted by molar-refractivity contribution is 6.32. The number of phenols is 1. The number of rotatable bonds is 9. The van der Waals surface area contributed by atoms with E-state index in [0.717, 1.165) is 37.5 Å². The van der Waals surface area contributed by atoms with Crippen molar-refractivity contribution >= 4 is 34.8 Å². The molecule has 1 atom stereocenters. The summed E-state index contributed by atoms with van der Waals surface area (Å²) in [6.45, 7) is 7.70. The van der Waals surface area contributed by atoms with Crippen LogP contribution in [0.3, 0.4) is 0 Å². The quantitative estimate of drug-likeness (QED) is 0.287. The Bertz CT molecular complexity index is 971. The van der Waals surface area contributed by atoms with E-state index in [1.54, 1.807) is 20.8 Å². The van der Waals surface area contributed by atoms with Crippen molar-refractivity contribution in [3.05, 3.63) is 52.0 Å². The molecule has 0 aliphatic carbocycles. The van der Waals surface area contributed by atoms with Crippen LogP contribution in [0.4, 0.5) is 5.69 Å². The van der Waals surface area contributed by atoms with Crippen molar-refractivity contribution in [2.45, 2.75) is 64.4 Å². The average molecular weight is 510 g/mol. The number of phenolic OH excluding ortho intramolecular Hbond substituents is 1. The molecule has 9 heteroatoms. The van der Waals surface area contributed by atoms with E-state index in [0.29, 0.717) is 5.69 Å². The Morgan fingerprint density at radius 2 is 1.85 bits per heavy atom. The van der Waals surface area contributed by atoms with E-state index in [1.807, 2.05) is 24.3 Å². The molecule has 186 valence electrons. The van der Waals surface area contributed by atoms with Gasteiger partial charge in [0.25, 0.3) is 0 Å². The first-order chi connectivity index (χ1) is 16.0. The number of hydrogen-bond acceptors (Lipinski definition) is 6. The van der Waals surface area contributed by atoms with Crippen molar-refractivity contribution in [3.8, 4) is 11.5 Å². The van der Waals surface area contributed by atoms with Crippen LogP contribution in [0.2, 0.25) is 10.0 Å². The van der Waals surface area contributed by atoms with Gasteiger partial charge >= 0.3 is 0 Å². The van der Waals surface area contributed by atoms with E-state index in [-0.39, 0.29) is 34.9 Å². The van der Waals surface area contributed by atoms with Crippen molar-refractivity contribution in [2.24, 2.45) is 0 Å². The van der Waals surface area contributed by atoms with Crippen molar-refractivity contribution in [1.29, 1.82) is 0 Å². The van der Waals surface area contributed by atoms with E-state index in [1.165, 1.54) is 17.7 Å². The zero-order valence-electron chi connectivity index (χ0n) is 19.8. The number of ether oxygens (including phenoxy) is 1. The van der Waals surface area contributed by atoms with Crippen LogP contribution in [0.15, 0.2) is 36.4 Å². The van der Waals surface area contributed by atoms with Crippen molar-refractivity contribution in [2.75, 3.05) is 18.4 Å². The molecule has 7 nitrogen and oxygen atoms in total. The molecule has 1 fully saturated rings. The average Bonchev–Trinajstić information content (AvgIpc) is 2.78. The third-order valence-corrected chi connectivity index (χ3v) is 6.38. The molecule has 0 aromatic heterocycles. The monoisotopic (exact) mass is 509 g/mol. The summed E-state index contributed by atoms with van der Waals surface area (Å²) in [5, 5.41) is 27.9. The summed E-state index contributed by atoms with van der Waals surface area (Å²) in [7, 11) is 0. The highest BCUT2D eigenvalue weighted by Crippen LogP contribution is 2.37. The van der Waals surface area contributed by atoms with Gasteiger partial charge in [0.1, 0.15) is 17.1 Å². The van der Waals surface area contributed by atoms with Gasteiger partial charge in [0.2, 0.25) is 5.91 Å². The first-order valence-corrected chi connectivity index (χ1v) is 12.2. The number of anilines is 1. The number of nitrogens with one attached hydrogen (secondary N) is 2. The maximum absolute atomic E-state index is 12.0. The van der Waals surface area contributed by atoms with Gasteiger partial charge in [0.15, 0.2) is 6.23 Å². The maximum atomic E-state index is 12.0. The summed E-state index contributed by atoms with van der Waals surface area (Å²) in [5.74, 6) is -0.160. The summed E-state index contributed by atoms with van der Waals surface area (Å²) in [6.07, 6.45) is 1.27. The molecule has 1 saturated heterocycles. The third kappa shape index (κ3) is 7.48.